The molecule has 0 saturated carbocycles. The van der Waals surface area contributed by atoms with Gasteiger partial charge in [-0.2, -0.15) is 0 Å². The van der Waals surface area contributed by atoms with Crippen molar-refractivity contribution in [3.63, 3.8) is 0 Å². The Bertz CT molecular complexity index is 566. The lowest BCUT2D eigenvalue weighted by molar-refractivity contribution is -0.145. The second-order valence-corrected chi connectivity index (χ2v) is 7.68. The maximum atomic E-state index is 12.3. The number of nitrogens with zero attached hydrogens (tertiary/aromatic N) is 1. The number of hydrogen-bond donors (Lipinski definition) is 1. The molecule has 1 aliphatic rings. The Labute approximate surface area is 157 Å². The van der Waals surface area contributed by atoms with Gasteiger partial charge in [0, 0.05) is 0 Å². The molecule has 5 heteroatoms. The van der Waals surface area contributed by atoms with Crippen LogP contribution in [0, 0.1) is 11.8 Å². The lowest BCUT2D eigenvalue weighted by atomic mass is 9.90. The predicted octanol–water partition coefficient (Wildman–Crippen LogP) is 2.65. The molecule has 1 heterocycles. The summed E-state index contributed by atoms with van der Waals surface area (Å²) in [5.41, 5.74) is 1.39. The Hall–Kier alpha value is -1.88. The van der Waals surface area contributed by atoms with Gasteiger partial charge in [0.1, 0.15) is 6.04 Å². The van der Waals surface area contributed by atoms with E-state index in [-0.39, 0.29) is 11.9 Å². The summed E-state index contributed by atoms with van der Waals surface area (Å²) in [6.07, 6.45) is 3.92. The van der Waals surface area contributed by atoms with Crippen molar-refractivity contribution in [3.05, 3.63) is 35.9 Å². The van der Waals surface area contributed by atoms with Gasteiger partial charge in [0.25, 0.3) is 0 Å². The van der Waals surface area contributed by atoms with Crippen molar-refractivity contribution in [2.75, 3.05) is 26.7 Å². The van der Waals surface area contributed by atoms with Gasteiger partial charge in [-0.3, -0.25) is 9.69 Å². The molecule has 0 bridgehead atoms. The van der Waals surface area contributed by atoms with Gasteiger partial charge in [0.2, 0.25) is 5.91 Å². The third-order valence-electron chi connectivity index (χ3n) is 4.97. The molecular formula is C21H32N2O3. The van der Waals surface area contributed by atoms with Crippen molar-refractivity contribution in [3.8, 4) is 0 Å². The summed E-state index contributed by atoms with van der Waals surface area (Å²) in [5.74, 6) is 0.532. The van der Waals surface area contributed by atoms with Crippen molar-refractivity contribution in [1.82, 2.24) is 10.2 Å². The molecule has 1 fully saturated rings. The molecule has 1 saturated heterocycles. The molecule has 5 nitrogen and oxygen atoms in total. The van der Waals surface area contributed by atoms with Gasteiger partial charge in [-0.05, 0) is 56.2 Å². The number of carbonyl (C=O) groups is 2. The topological polar surface area (TPSA) is 58.6 Å². The van der Waals surface area contributed by atoms with E-state index in [0.29, 0.717) is 24.8 Å². The summed E-state index contributed by atoms with van der Waals surface area (Å²) < 4.78 is 4.81. The highest BCUT2D eigenvalue weighted by Gasteiger charge is 2.25. The van der Waals surface area contributed by atoms with Crippen LogP contribution < -0.4 is 5.32 Å². The van der Waals surface area contributed by atoms with Crippen molar-refractivity contribution in [1.29, 1.82) is 0 Å². The molecule has 2 rings (SSSR count). The Morgan fingerprint density at radius 3 is 2.42 bits per heavy atom. The van der Waals surface area contributed by atoms with Crippen LogP contribution in [0.15, 0.2) is 30.3 Å². The minimum atomic E-state index is -0.553. The molecular weight excluding hydrogens is 328 g/mol. The second kappa shape index (κ2) is 10.3. The smallest absolute Gasteiger partial charge is 0.328 e. The van der Waals surface area contributed by atoms with Crippen LogP contribution in [0.2, 0.25) is 0 Å². The second-order valence-electron chi connectivity index (χ2n) is 7.68. The van der Waals surface area contributed by atoms with Gasteiger partial charge in [-0.25, -0.2) is 4.79 Å². The minimum Gasteiger partial charge on any atom is -0.467 e. The fourth-order valence-electron chi connectivity index (χ4n) is 3.57. The summed E-state index contributed by atoms with van der Waals surface area (Å²) in [5, 5.41) is 2.84. The highest BCUT2D eigenvalue weighted by Crippen LogP contribution is 2.21. The number of benzene rings is 1. The fraction of sp³-hybridized carbons (Fsp3) is 0.619. The summed E-state index contributed by atoms with van der Waals surface area (Å²) in [7, 11) is 1.36. The van der Waals surface area contributed by atoms with Crippen molar-refractivity contribution < 1.29 is 14.3 Å². The summed E-state index contributed by atoms with van der Waals surface area (Å²) in [4.78, 5) is 26.4. The highest BCUT2D eigenvalue weighted by molar-refractivity contribution is 5.85. The number of rotatable bonds is 8. The molecule has 1 aromatic rings. The normalized spacial score (nSPS) is 17.1. The highest BCUT2D eigenvalue weighted by atomic mass is 16.5. The first-order chi connectivity index (χ1) is 12.5. The zero-order valence-corrected chi connectivity index (χ0v) is 16.2. The Balaban J connectivity index is 1.75. The summed E-state index contributed by atoms with van der Waals surface area (Å²) in [6, 6.07) is 10.0. The van der Waals surface area contributed by atoms with E-state index >= 15 is 0 Å². The standard InChI is InChI=1S/C21H32N2O3/c1-16(2)13-19(21(25)26-3)22-20(24)15-23-11-9-18(10-12-23)14-17-7-5-4-6-8-17/h4-8,16,18-19H,9-15H2,1-3H3,(H,22,24). The first-order valence-corrected chi connectivity index (χ1v) is 9.61. The molecule has 1 aliphatic heterocycles. The third kappa shape index (κ3) is 6.79. The van der Waals surface area contributed by atoms with E-state index < -0.39 is 6.04 Å². The van der Waals surface area contributed by atoms with E-state index in [4.69, 9.17) is 4.74 Å². The lowest BCUT2D eigenvalue weighted by Gasteiger charge is -2.32. The van der Waals surface area contributed by atoms with Crippen LogP contribution in [-0.4, -0.2) is 49.6 Å². The van der Waals surface area contributed by atoms with Crippen molar-refractivity contribution >= 4 is 11.9 Å². The monoisotopic (exact) mass is 360 g/mol. The summed E-state index contributed by atoms with van der Waals surface area (Å²) in [6.45, 7) is 6.26. The quantitative estimate of drug-likeness (QED) is 0.724. The molecule has 1 unspecified atom stereocenters. The van der Waals surface area contributed by atoms with Gasteiger partial charge in [0.05, 0.1) is 13.7 Å². The van der Waals surface area contributed by atoms with E-state index in [9.17, 15) is 9.59 Å². The number of piperidine rings is 1. The van der Waals surface area contributed by atoms with Crippen molar-refractivity contribution in [2.24, 2.45) is 11.8 Å². The first-order valence-electron chi connectivity index (χ1n) is 9.61. The Kier molecular flexibility index (Phi) is 8.10. The summed E-state index contributed by atoms with van der Waals surface area (Å²) >= 11 is 0. The molecule has 0 aromatic heterocycles. The molecule has 0 aliphatic carbocycles. The van der Waals surface area contributed by atoms with Crippen LogP contribution in [0.4, 0.5) is 0 Å². The van der Waals surface area contributed by atoms with Crippen molar-refractivity contribution in [2.45, 2.75) is 45.6 Å². The number of carbonyl (C=O) groups excluding carboxylic acids is 2. The Morgan fingerprint density at radius 2 is 1.85 bits per heavy atom. The molecule has 1 aromatic carbocycles. The van der Waals surface area contributed by atoms with E-state index in [1.807, 2.05) is 19.9 Å². The number of amides is 1. The average molecular weight is 360 g/mol. The number of nitrogens with one attached hydrogen (secondary N) is 1. The molecule has 0 spiro atoms. The number of ether oxygens (including phenoxy) is 1. The van der Waals surface area contributed by atoms with E-state index in [1.54, 1.807) is 0 Å². The van der Waals surface area contributed by atoms with Crippen LogP contribution in [0.3, 0.4) is 0 Å². The van der Waals surface area contributed by atoms with E-state index in [1.165, 1.54) is 12.7 Å². The molecule has 144 valence electrons. The fourth-order valence-corrected chi connectivity index (χ4v) is 3.57. The number of esters is 1. The number of methoxy groups -OCH3 is 1. The van der Waals surface area contributed by atoms with Crippen LogP contribution in [0.1, 0.15) is 38.7 Å². The van der Waals surface area contributed by atoms with Crippen LogP contribution in [0.5, 0.6) is 0 Å². The zero-order valence-electron chi connectivity index (χ0n) is 16.2. The molecule has 1 N–H and O–H groups in total. The minimum absolute atomic E-state index is 0.0949. The molecule has 1 amide bonds. The predicted molar refractivity (Wildman–Crippen MR) is 103 cm³/mol. The van der Waals surface area contributed by atoms with Crippen LogP contribution >= 0.6 is 0 Å². The maximum absolute atomic E-state index is 12.3. The number of hydrogen-bond acceptors (Lipinski definition) is 4. The average Bonchev–Trinajstić information content (AvgIpc) is 2.62. The van der Waals surface area contributed by atoms with Crippen LogP contribution in [-0.2, 0) is 20.7 Å². The molecule has 1 atom stereocenters. The number of likely N-dealkylation sites (tertiary alicyclic amines) is 1. The van der Waals surface area contributed by atoms with Crippen LogP contribution in [0.25, 0.3) is 0 Å². The molecule has 26 heavy (non-hydrogen) atoms. The molecule has 0 radical (unpaired) electrons. The first kappa shape index (κ1) is 20.4. The van der Waals surface area contributed by atoms with Gasteiger partial charge in [-0.1, -0.05) is 44.2 Å². The van der Waals surface area contributed by atoms with Gasteiger partial charge >= 0.3 is 5.97 Å². The lowest BCUT2D eigenvalue weighted by Crippen LogP contribution is -2.48. The van der Waals surface area contributed by atoms with Gasteiger partial charge in [-0.15, -0.1) is 0 Å². The zero-order chi connectivity index (χ0) is 18.9. The third-order valence-corrected chi connectivity index (χ3v) is 4.97. The Morgan fingerprint density at radius 1 is 1.19 bits per heavy atom. The van der Waals surface area contributed by atoms with E-state index in [2.05, 4.69) is 34.5 Å². The largest absolute Gasteiger partial charge is 0.467 e. The van der Waals surface area contributed by atoms with Gasteiger partial charge < -0.3 is 10.1 Å². The van der Waals surface area contributed by atoms with Gasteiger partial charge in [0.15, 0.2) is 0 Å². The maximum Gasteiger partial charge on any atom is 0.328 e. The SMILES string of the molecule is COC(=O)C(CC(C)C)NC(=O)CN1CCC(Cc2ccccc2)CC1. The van der Waals surface area contributed by atoms with E-state index in [0.717, 1.165) is 32.4 Å².